The molecule has 4 rings (SSSR count). The molecule has 1 amide bonds. The molecule has 8 heteroatoms. The van der Waals surface area contributed by atoms with Crippen LogP contribution in [0.1, 0.15) is 42.8 Å². The number of likely N-dealkylation sites (tertiary alicyclic amines) is 1. The van der Waals surface area contributed by atoms with Gasteiger partial charge < -0.3 is 9.88 Å². The number of aryl methyl sites for hydroxylation is 1. The molecule has 1 unspecified atom stereocenters. The third kappa shape index (κ3) is 4.87. The average molecular weight is 429 g/mol. The number of benzene rings is 1. The summed E-state index contributed by atoms with van der Waals surface area (Å²) in [6.07, 6.45) is 3.74. The molecule has 0 saturated carbocycles. The van der Waals surface area contributed by atoms with E-state index in [2.05, 4.69) is 23.0 Å². The van der Waals surface area contributed by atoms with E-state index in [9.17, 15) is 9.59 Å². The highest BCUT2D eigenvalue weighted by Gasteiger charge is 2.27. The second kappa shape index (κ2) is 9.09. The number of carbonyl (C=O) groups is 1. The van der Waals surface area contributed by atoms with Gasteiger partial charge in [-0.3, -0.25) is 9.59 Å². The molecule has 6 nitrogen and oxygen atoms in total. The zero-order chi connectivity index (χ0) is 20.2. The number of hydrogen-bond acceptors (Lipinski definition) is 6. The molecule has 0 aliphatic carbocycles. The van der Waals surface area contributed by atoms with Crippen LogP contribution in [-0.4, -0.2) is 44.6 Å². The fraction of sp³-hybridized carbons (Fsp3) is 0.429. The number of amides is 1. The molecule has 3 aromatic rings. The zero-order valence-electron chi connectivity index (χ0n) is 16.4. The number of carbonyl (C=O) groups excluding carboxylic acids is 1. The highest BCUT2D eigenvalue weighted by atomic mass is 32.2. The normalized spacial score (nSPS) is 17.0. The summed E-state index contributed by atoms with van der Waals surface area (Å²) in [5.74, 6) is 0.663. The van der Waals surface area contributed by atoms with Gasteiger partial charge in [-0.1, -0.05) is 37.2 Å². The Kier molecular flexibility index (Phi) is 6.30. The fourth-order valence-corrected chi connectivity index (χ4v) is 5.52. The van der Waals surface area contributed by atoms with E-state index in [0.29, 0.717) is 17.6 Å². The molecule has 1 atom stereocenters. The van der Waals surface area contributed by atoms with E-state index in [1.165, 1.54) is 22.5 Å². The van der Waals surface area contributed by atoms with Gasteiger partial charge in [-0.25, -0.2) is 9.97 Å². The Morgan fingerprint density at radius 2 is 2.21 bits per heavy atom. The summed E-state index contributed by atoms with van der Waals surface area (Å²) in [5.41, 5.74) is 1.65. The van der Waals surface area contributed by atoms with Crippen molar-refractivity contribution in [2.45, 2.75) is 43.7 Å². The second-order valence-corrected chi connectivity index (χ2v) is 9.31. The average Bonchev–Trinajstić information content (AvgIpc) is 3.16. The molecule has 1 aliphatic rings. The molecule has 1 aromatic carbocycles. The number of fused-ring (bicyclic) bond motifs is 1. The lowest BCUT2D eigenvalue weighted by atomic mass is 9.99. The smallest absolute Gasteiger partial charge is 0.251 e. The van der Waals surface area contributed by atoms with Crippen LogP contribution in [0.25, 0.3) is 10.2 Å². The number of piperidine rings is 1. The summed E-state index contributed by atoms with van der Waals surface area (Å²) in [6, 6.07) is 9.71. The monoisotopic (exact) mass is 428 g/mol. The van der Waals surface area contributed by atoms with Crippen molar-refractivity contribution in [3.63, 3.8) is 0 Å². The Morgan fingerprint density at radius 1 is 1.34 bits per heavy atom. The SMILES string of the molecule is CCCc1cc(=O)[nH]c(SCC(=O)N2CCCC(c3nc4ccccc4s3)C2)n1. The van der Waals surface area contributed by atoms with Gasteiger partial charge in [0.2, 0.25) is 5.91 Å². The van der Waals surface area contributed by atoms with Gasteiger partial charge in [0.1, 0.15) is 0 Å². The van der Waals surface area contributed by atoms with Crippen molar-refractivity contribution in [2.75, 3.05) is 18.8 Å². The lowest BCUT2D eigenvalue weighted by molar-refractivity contribution is -0.129. The van der Waals surface area contributed by atoms with Gasteiger partial charge in [0.25, 0.3) is 5.56 Å². The molecular weight excluding hydrogens is 404 g/mol. The Hall–Kier alpha value is -2.19. The third-order valence-electron chi connectivity index (χ3n) is 5.05. The third-order valence-corrected chi connectivity index (χ3v) is 7.10. The van der Waals surface area contributed by atoms with E-state index in [-0.39, 0.29) is 17.2 Å². The van der Waals surface area contributed by atoms with Crippen LogP contribution in [0.2, 0.25) is 0 Å². The van der Waals surface area contributed by atoms with Gasteiger partial charge in [0.05, 0.1) is 21.0 Å². The number of aromatic nitrogens is 3. The minimum atomic E-state index is -0.160. The van der Waals surface area contributed by atoms with Crippen LogP contribution in [0.15, 0.2) is 40.3 Å². The van der Waals surface area contributed by atoms with Crippen LogP contribution in [0.3, 0.4) is 0 Å². The number of thioether (sulfide) groups is 1. The van der Waals surface area contributed by atoms with Crippen molar-refractivity contribution in [2.24, 2.45) is 0 Å². The maximum absolute atomic E-state index is 12.8. The fourth-order valence-electron chi connectivity index (χ4n) is 3.63. The van der Waals surface area contributed by atoms with Gasteiger partial charge >= 0.3 is 0 Å². The quantitative estimate of drug-likeness (QED) is 0.477. The first-order chi connectivity index (χ1) is 14.1. The summed E-state index contributed by atoms with van der Waals surface area (Å²) >= 11 is 3.04. The molecule has 3 heterocycles. The van der Waals surface area contributed by atoms with Crippen LogP contribution in [-0.2, 0) is 11.2 Å². The van der Waals surface area contributed by atoms with Crippen LogP contribution >= 0.6 is 23.1 Å². The van der Waals surface area contributed by atoms with Crippen molar-refractivity contribution in [1.29, 1.82) is 0 Å². The summed E-state index contributed by atoms with van der Waals surface area (Å²) in [5, 5.41) is 1.64. The van der Waals surface area contributed by atoms with Gasteiger partial charge in [-0.15, -0.1) is 11.3 Å². The Balaban J connectivity index is 1.39. The first-order valence-electron chi connectivity index (χ1n) is 9.98. The largest absolute Gasteiger partial charge is 0.341 e. The lowest BCUT2D eigenvalue weighted by Gasteiger charge is -2.31. The van der Waals surface area contributed by atoms with Gasteiger partial charge in [0, 0.05) is 30.8 Å². The number of rotatable bonds is 6. The molecule has 29 heavy (non-hydrogen) atoms. The summed E-state index contributed by atoms with van der Waals surface area (Å²) in [4.78, 5) is 38.5. The number of nitrogens with zero attached hydrogens (tertiary/aromatic N) is 3. The van der Waals surface area contributed by atoms with E-state index < -0.39 is 0 Å². The highest BCUT2D eigenvalue weighted by molar-refractivity contribution is 7.99. The van der Waals surface area contributed by atoms with Gasteiger partial charge in [-0.2, -0.15) is 0 Å². The molecule has 152 valence electrons. The van der Waals surface area contributed by atoms with Crippen LogP contribution in [0.5, 0.6) is 0 Å². The number of nitrogens with one attached hydrogen (secondary N) is 1. The van der Waals surface area contributed by atoms with E-state index in [4.69, 9.17) is 4.98 Å². The van der Waals surface area contributed by atoms with Crippen LogP contribution < -0.4 is 5.56 Å². The van der Waals surface area contributed by atoms with Crippen LogP contribution in [0.4, 0.5) is 0 Å². The minimum Gasteiger partial charge on any atom is -0.341 e. The Bertz CT molecular complexity index is 1030. The first-order valence-corrected chi connectivity index (χ1v) is 11.8. The Labute approximate surface area is 177 Å². The van der Waals surface area contributed by atoms with E-state index in [0.717, 1.165) is 48.4 Å². The van der Waals surface area contributed by atoms with Gasteiger partial charge in [-0.05, 0) is 31.4 Å². The minimum absolute atomic E-state index is 0.0874. The van der Waals surface area contributed by atoms with E-state index >= 15 is 0 Å². The molecule has 1 fully saturated rings. The van der Waals surface area contributed by atoms with Crippen molar-refractivity contribution >= 4 is 39.2 Å². The van der Waals surface area contributed by atoms with Gasteiger partial charge in [0.15, 0.2) is 5.16 Å². The number of para-hydroxylation sites is 1. The lowest BCUT2D eigenvalue weighted by Crippen LogP contribution is -2.40. The molecule has 1 saturated heterocycles. The maximum Gasteiger partial charge on any atom is 0.251 e. The van der Waals surface area contributed by atoms with Crippen molar-refractivity contribution in [1.82, 2.24) is 19.9 Å². The summed E-state index contributed by atoms with van der Waals surface area (Å²) in [7, 11) is 0. The number of thiazole rings is 1. The number of hydrogen-bond donors (Lipinski definition) is 1. The molecular formula is C21H24N4O2S2. The number of aromatic amines is 1. The summed E-state index contributed by atoms with van der Waals surface area (Å²) < 4.78 is 1.20. The molecule has 1 aliphatic heterocycles. The first kappa shape index (κ1) is 20.1. The van der Waals surface area contributed by atoms with Crippen molar-refractivity contribution < 1.29 is 4.79 Å². The molecule has 0 radical (unpaired) electrons. The molecule has 0 bridgehead atoms. The van der Waals surface area contributed by atoms with Crippen molar-refractivity contribution in [3.8, 4) is 0 Å². The second-order valence-electron chi connectivity index (χ2n) is 7.28. The van der Waals surface area contributed by atoms with E-state index in [1.54, 1.807) is 11.3 Å². The summed E-state index contributed by atoms with van der Waals surface area (Å²) in [6.45, 7) is 3.54. The maximum atomic E-state index is 12.8. The van der Waals surface area contributed by atoms with Crippen LogP contribution in [0, 0.1) is 0 Å². The predicted octanol–water partition coefficient (Wildman–Crippen LogP) is 3.83. The predicted molar refractivity (Wildman–Crippen MR) is 118 cm³/mol. The van der Waals surface area contributed by atoms with Crippen molar-refractivity contribution in [3.05, 3.63) is 51.4 Å². The zero-order valence-corrected chi connectivity index (χ0v) is 18.0. The number of H-pyrrole nitrogens is 1. The Morgan fingerprint density at radius 3 is 3.03 bits per heavy atom. The molecule has 2 aromatic heterocycles. The topological polar surface area (TPSA) is 79.0 Å². The molecule has 1 N–H and O–H groups in total. The van der Waals surface area contributed by atoms with E-state index in [1.807, 2.05) is 23.1 Å². The standard InChI is InChI=1S/C21H24N4O2S2/c1-2-6-15-11-18(26)24-21(22-15)28-13-19(27)25-10-5-7-14(12-25)20-23-16-8-3-4-9-17(16)29-20/h3-4,8-9,11,14H,2,5-7,10,12-13H2,1H3,(H,22,24,26). The molecule has 0 spiro atoms. The highest BCUT2D eigenvalue weighted by Crippen LogP contribution is 2.33.